The first kappa shape index (κ1) is 10.1. The van der Waals surface area contributed by atoms with Crippen LogP contribution < -0.4 is 11.6 Å². The van der Waals surface area contributed by atoms with E-state index < -0.39 is 0 Å². The topological polar surface area (TPSA) is 76.9 Å². The molecule has 1 fully saturated rings. The summed E-state index contributed by atoms with van der Waals surface area (Å²) in [5, 5.41) is 3.38. The summed E-state index contributed by atoms with van der Waals surface area (Å²) in [4.78, 5) is 1.77. The fraction of sp³-hybridized carbons (Fsp3) is 0.875. The Morgan fingerprint density at radius 2 is 2.31 bits per heavy atom. The molecule has 0 aromatic carbocycles. The zero-order valence-electron chi connectivity index (χ0n) is 8.07. The minimum absolute atomic E-state index is 0.343. The number of nitrogens with zero attached hydrogens (tertiary/aromatic N) is 2. The van der Waals surface area contributed by atoms with Crippen molar-refractivity contribution in [2.24, 2.45) is 22.6 Å². The second-order valence-electron chi connectivity index (χ2n) is 3.43. The highest BCUT2D eigenvalue weighted by atomic mass is 16.5. The van der Waals surface area contributed by atoms with E-state index in [9.17, 15) is 0 Å². The van der Waals surface area contributed by atoms with E-state index in [1.54, 1.807) is 4.90 Å². The molecule has 1 aliphatic rings. The SMILES string of the molecule is CN(CCOCC1CC1)C(N)=NN. The number of hydrogen-bond acceptors (Lipinski definition) is 3. The summed E-state index contributed by atoms with van der Waals surface area (Å²) >= 11 is 0. The molecule has 5 nitrogen and oxygen atoms in total. The molecular formula is C8H18N4O. The van der Waals surface area contributed by atoms with Crippen molar-refractivity contribution in [3.8, 4) is 0 Å². The average molecular weight is 186 g/mol. The summed E-state index contributed by atoms with van der Waals surface area (Å²) in [6.07, 6.45) is 2.64. The molecule has 5 heteroatoms. The van der Waals surface area contributed by atoms with Gasteiger partial charge in [0.1, 0.15) is 0 Å². The van der Waals surface area contributed by atoms with Crippen LogP contribution in [0.1, 0.15) is 12.8 Å². The molecule has 0 atom stereocenters. The highest BCUT2D eigenvalue weighted by Gasteiger charge is 2.20. The second kappa shape index (κ2) is 4.91. The van der Waals surface area contributed by atoms with Crippen LogP contribution in [0.5, 0.6) is 0 Å². The molecule has 76 valence electrons. The molecule has 1 aliphatic carbocycles. The van der Waals surface area contributed by atoms with Gasteiger partial charge in [0.25, 0.3) is 0 Å². The molecule has 0 unspecified atom stereocenters. The van der Waals surface area contributed by atoms with Gasteiger partial charge in [-0.15, -0.1) is 5.10 Å². The summed E-state index contributed by atoms with van der Waals surface area (Å²) in [5.74, 6) is 6.17. The Morgan fingerprint density at radius 3 is 2.85 bits per heavy atom. The van der Waals surface area contributed by atoms with Gasteiger partial charge in [0.15, 0.2) is 0 Å². The molecular weight excluding hydrogens is 168 g/mol. The van der Waals surface area contributed by atoms with Gasteiger partial charge >= 0.3 is 0 Å². The lowest BCUT2D eigenvalue weighted by molar-refractivity contribution is 0.115. The van der Waals surface area contributed by atoms with Crippen molar-refractivity contribution in [3.63, 3.8) is 0 Å². The van der Waals surface area contributed by atoms with E-state index in [2.05, 4.69) is 5.10 Å². The summed E-state index contributed by atoms with van der Waals surface area (Å²) in [5.41, 5.74) is 5.47. The van der Waals surface area contributed by atoms with Crippen LogP contribution in [0.25, 0.3) is 0 Å². The average Bonchev–Trinajstić information content (AvgIpc) is 2.94. The molecule has 4 N–H and O–H groups in total. The monoisotopic (exact) mass is 186 g/mol. The van der Waals surface area contributed by atoms with Crippen LogP contribution in [-0.4, -0.2) is 37.7 Å². The molecule has 0 bridgehead atoms. The Labute approximate surface area is 78.7 Å². The summed E-state index contributed by atoms with van der Waals surface area (Å²) in [6.45, 7) is 2.30. The van der Waals surface area contributed by atoms with Gasteiger partial charge in [-0.2, -0.15) is 0 Å². The number of hydrogen-bond donors (Lipinski definition) is 2. The summed E-state index contributed by atoms with van der Waals surface area (Å²) in [6, 6.07) is 0. The third kappa shape index (κ3) is 3.98. The Balaban J connectivity index is 1.97. The van der Waals surface area contributed by atoms with Gasteiger partial charge in [-0.3, -0.25) is 0 Å². The maximum atomic E-state index is 5.47. The van der Waals surface area contributed by atoms with Crippen molar-refractivity contribution in [2.75, 3.05) is 26.8 Å². The molecule has 0 amide bonds. The van der Waals surface area contributed by atoms with Crippen LogP contribution in [0.15, 0.2) is 5.10 Å². The van der Waals surface area contributed by atoms with Crippen molar-refractivity contribution < 1.29 is 4.74 Å². The van der Waals surface area contributed by atoms with E-state index >= 15 is 0 Å². The van der Waals surface area contributed by atoms with Crippen molar-refractivity contribution >= 4 is 5.96 Å². The molecule has 0 aromatic heterocycles. The maximum absolute atomic E-state index is 5.47. The summed E-state index contributed by atoms with van der Waals surface area (Å²) < 4.78 is 5.43. The lowest BCUT2D eigenvalue weighted by Gasteiger charge is -2.16. The molecule has 0 radical (unpaired) electrons. The van der Waals surface area contributed by atoms with Gasteiger partial charge in [-0.05, 0) is 18.8 Å². The smallest absolute Gasteiger partial charge is 0.213 e. The van der Waals surface area contributed by atoms with Gasteiger partial charge in [0.05, 0.1) is 6.61 Å². The third-order valence-corrected chi connectivity index (χ3v) is 2.14. The minimum atomic E-state index is 0.343. The fourth-order valence-electron chi connectivity index (χ4n) is 0.949. The third-order valence-electron chi connectivity index (χ3n) is 2.14. The van der Waals surface area contributed by atoms with E-state index in [0.29, 0.717) is 12.6 Å². The van der Waals surface area contributed by atoms with Crippen LogP contribution in [-0.2, 0) is 4.74 Å². The second-order valence-corrected chi connectivity index (χ2v) is 3.43. The van der Waals surface area contributed by atoms with Gasteiger partial charge in [-0.25, -0.2) is 0 Å². The van der Waals surface area contributed by atoms with Crippen LogP contribution in [0, 0.1) is 5.92 Å². The van der Waals surface area contributed by atoms with Crippen molar-refractivity contribution in [1.82, 2.24) is 4.90 Å². The lowest BCUT2D eigenvalue weighted by atomic mass is 10.5. The van der Waals surface area contributed by atoms with Crippen LogP contribution in [0.3, 0.4) is 0 Å². The predicted molar refractivity (Wildman–Crippen MR) is 52.0 cm³/mol. The van der Waals surface area contributed by atoms with Crippen LogP contribution in [0.2, 0.25) is 0 Å². The van der Waals surface area contributed by atoms with E-state index in [4.69, 9.17) is 16.3 Å². The molecule has 0 aliphatic heterocycles. The maximum Gasteiger partial charge on any atom is 0.213 e. The number of guanidine groups is 1. The molecule has 13 heavy (non-hydrogen) atoms. The molecule has 0 spiro atoms. The van der Waals surface area contributed by atoms with Gasteiger partial charge < -0.3 is 21.2 Å². The molecule has 0 heterocycles. The summed E-state index contributed by atoms with van der Waals surface area (Å²) in [7, 11) is 1.84. The largest absolute Gasteiger partial charge is 0.379 e. The first-order valence-corrected chi connectivity index (χ1v) is 4.56. The van der Waals surface area contributed by atoms with Gasteiger partial charge in [0.2, 0.25) is 5.96 Å². The first-order chi connectivity index (χ1) is 6.24. The lowest BCUT2D eigenvalue weighted by Crippen LogP contribution is -2.37. The van der Waals surface area contributed by atoms with Crippen LogP contribution in [0.4, 0.5) is 0 Å². The standard InChI is InChI=1S/C8H18N4O/c1-12(8(9)11-10)4-5-13-6-7-2-3-7/h7H,2-6,10H2,1H3,(H2,9,11). The highest BCUT2D eigenvalue weighted by Crippen LogP contribution is 2.28. The highest BCUT2D eigenvalue weighted by molar-refractivity contribution is 5.77. The fourth-order valence-corrected chi connectivity index (χ4v) is 0.949. The quantitative estimate of drug-likeness (QED) is 0.200. The molecule has 0 aromatic rings. The van der Waals surface area contributed by atoms with Gasteiger partial charge in [-0.1, -0.05) is 0 Å². The zero-order chi connectivity index (χ0) is 9.68. The van der Waals surface area contributed by atoms with Crippen molar-refractivity contribution in [1.29, 1.82) is 0 Å². The number of hydrazone groups is 1. The Kier molecular flexibility index (Phi) is 3.82. The number of rotatable bonds is 5. The van der Waals surface area contributed by atoms with Gasteiger partial charge in [0, 0.05) is 20.2 Å². The van der Waals surface area contributed by atoms with E-state index in [0.717, 1.165) is 19.1 Å². The normalized spacial score (nSPS) is 17.5. The van der Waals surface area contributed by atoms with Crippen molar-refractivity contribution in [3.05, 3.63) is 0 Å². The number of ether oxygens (including phenoxy) is 1. The molecule has 1 rings (SSSR count). The number of likely N-dealkylation sites (N-methyl/N-ethyl adjacent to an activating group) is 1. The Bertz CT molecular complexity index is 179. The Hall–Kier alpha value is -0.970. The van der Waals surface area contributed by atoms with E-state index in [1.165, 1.54) is 12.8 Å². The number of nitrogens with two attached hydrogens (primary N) is 2. The van der Waals surface area contributed by atoms with E-state index in [-0.39, 0.29) is 0 Å². The first-order valence-electron chi connectivity index (χ1n) is 4.56. The molecule has 1 saturated carbocycles. The minimum Gasteiger partial charge on any atom is -0.379 e. The van der Waals surface area contributed by atoms with E-state index in [1.807, 2.05) is 7.05 Å². The molecule has 0 saturated heterocycles. The Morgan fingerprint density at radius 1 is 1.62 bits per heavy atom. The van der Waals surface area contributed by atoms with Crippen LogP contribution >= 0.6 is 0 Å². The van der Waals surface area contributed by atoms with Crippen molar-refractivity contribution in [2.45, 2.75) is 12.8 Å². The zero-order valence-corrected chi connectivity index (χ0v) is 8.07. The predicted octanol–water partition coefficient (Wildman–Crippen LogP) is -0.467.